The molecule has 0 saturated carbocycles. The number of halogens is 1. The molecule has 1 heterocycles. The van der Waals surface area contributed by atoms with E-state index in [0.717, 1.165) is 11.3 Å². The third-order valence-electron chi connectivity index (χ3n) is 4.23. The van der Waals surface area contributed by atoms with Gasteiger partial charge < -0.3 is 15.4 Å². The van der Waals surface area contributed by atoms with E-state index in [4.69, 9.17) is 16.3 Å². The molecule has 0 aromatic heterocycles. The van der Waals surface area contributed by atoms with Crippen LogP contribution in [0.5, 0.6) is 5.75 Å². The lowest BCUT2D eigenvalue weighted by Gasteiger charge is -2.34. The van der Waals surface area contributed by atoms with Crippen molar-refractivity contribution in [2.45, 2.75) is 13.0 Å². The summed E-state index contributed by atoms with van der Waals surface area (Å²) in [7, 11) is 0. The smallest absolute Gasteiger partial charge is 0.319 e. The Kier molecular flexibility index (Phi) is 5.28. The van der Waals surface area contributed by atoms with Crippen molar-refractivity contribution in [3.8, 4) is 5.75 Å². The fourth-order valence-electron chi connectivity index (χ4n) is 3.00. The molecule has 0 aliphatic carbocycles. The van der Waals surface area contributed by atoms with Gasteiger partial charge in [0.2, 0.25) is 0 Å². The topological polar surface area (TPSA) is 67.4 Å². The van der Waals surface area contributed by atoms with Crippen LogP contribution in [0.2, 0.25) is 5.02 Å². The maximum Gasteiger partial charge on any atom is 0.319 e. The van der Waals surface area contributed by atoms with E-state index in [-0.39, 0.29) is 11.8 Å². The Hall–Kier alpha value is -2.79. The summed E-state index contributed by atoms with van der Waals surface area (Å²) in [5.74, 6) is -0.0409. The van der Waals surface area contributed by atoms with Crippen molar-refractivity contribution in [2.75, 3.05) is 6.61 Å². The molecule has 2 aromatic rings. The quantitative estimate of drug-likeness (QED) is 0.778. The van der Waals surface area contributed by atoms with Crippen LogP contribution in [0.15, 0.2) is 60.8 Å². The van der Waals surface area contributed by atoms with Crippen LogP contribution >= 0.6 is 11.6 Å². The van der Waals surface area contributed by atoms with Crippen molar-refractivity contribution >= 4 is 23.4 Å². The van der Waals surface area contributed by atoms with Crippen molar-refractivity contribution in [3.05, 3.63) is 77.0 Å². The van der Waals surface area contributed by atoms with E-state index >= 15 is 0 Å². The molecule has 5 nitrogen and oxygen atoms in total. The minimum Gasteiger partial charge on any atom is -0.494 e. The molecule has 3 rings (SSSR count). The molecule has 1 aliphatic rings. The van der Waals surface area contributed by atoms with E-state index in [2.05, 4.69) is 17.2 Å². The molecule has 0 bridgehead atoms. The second-order valence-electron chi connectivity index (χ2n) is 5.95. The first-order chi connectivity index (χ1) is 12.5. The molecule has 0 spiro atoms. The van der Waals surface area contributed by atoms with E-state index in [1.54, 1.807) is 24.3 Å². The second-order valence-corrected chi connectivity index (χ2v) is 6.39. The van der Waals surface area contributed by atoms with Crippen molar-refractivity contribution in [1.29, 1.82) is 0 Å². The van der Waals surface area contributed by atoms with Crippen molar-refractivity contribution in [2.24, 2.45) is 5.92 Å². The van der Waals surface area contributed by atoms with Gasteiger partial charge in [0.15, 0.2) is 5.78 Å². The molecular formula is C20H19ClN2O3. The molecular weight excluding hydrogens is 352 g/mol. The van der Waals surface area contributed by atoms with Gasteiger partial charge in [0, 0.05) is 16.3 Å². The molecule has 1 fully saturated rings. The molecule has 0 unspecified atom stereocenters. The van der Waals surface area contributed by atoms with Gasteiger partial charge in [-0.15, -0.1) is 0 Å². The third-order valence-corrected chi connectivity index (χ3v) is 4.48. The molecule has 26 heavy (non-hydrogen) atoms. The predicted molar refractivity (Wildman–Crippen MR) is 100 cm³/mol. The van der Waals surface area contributed by atoms with E-state index in [9.17, 15) is 9.59 Å². The SMILES string of the molecule is C=C1NC(=O)N[C@@H](c2ccc(OCC)cc2)[C@@H]1C(=O)c1ccc(Cl)cc1. The van der Waals surface area contributed by atoms with E-state index in [1.165, 1.54) is 0 Å². The largest absolute Gasteiger partial charge is 0.494 e. The number of benzene rings is 2. The van der Waals surface area contributed by atoms with Crippen molar-refractivity contribution in [3.63, 3.8) is 0 Å². The second kappa shape index (κ2) is 7.62. The van der Waals surface area contributed by atoms with Gasteiger partial charge in [-0.25, -0.2) is 4.79 Å². The molecule has 1 saturated heterocycles. The Bertz CT molecular complexity index is 831. The number of carbonyl (C=O) groups is 2. The number of urea groups is 1. The first-order valence-electron chi connectivity index (χ1n) is 8.28. The monoisotopic (exact) mass is 370 g/mol. The van der Waals surface area contributed by atoms with Gasteiger partial charge in [0.05, 0.1) is 18.6 Å². The number of ether oxygens (including phenoxy) is 1. The molecule has 2 amide bonds. The molecule has 1 aliphatic heterocycles. The fraction of sp³-hybridized carbons (Fsp3) is 0.200. The summed E-state index contributed by atoms with van der Waals surface area (Å²) in [4.78, 5) is 25.0. The Balaban J connectivity index is 1.93. The lowest BCUT2D eigenvalue weighted by molar-refractivity contribution is 0.0905. The number of rotatable bonds is 5. The van der Waals surface area contributed by atoms with Gasteiger partial charge in [-0.3, -0.25) is 4.79 Å². The summed E-state index contributed by atoms with van der Waals surface area (Å²) in [5.41, 5.74) is 1.68. The van der Waals surface area contributed by atoms with Gasteiger partial charge in [0.25, 0.3) is 0 Å². The first kappa shape index (κ1) is 18.0. The zero-order chi connectivity index (χ0) is 18.7. The Morgan fingerprint density at radius 3 is 2.42 bits per heavy atom. The van der Waals surface area contributed by atoms with Crippen LogP contribution in [0.1, 0.15) is 28.9 Å². The standard InChI is InChI=1S/C20H19ClN2O3/c1-3-26-16-10-6-13(7-11-16)18-17(12(2)22-20(25)23-18)19(24)14-4-8-15(21)9-5-14/h4-11,17-18H,2-3H2,1H3,(H2,22,23,25)/t17-,18+/m1/s1. The maximum atomic E-state index is 13.1. The van der Waals surface area contributed by atoms with Crippen LogP contribution in [0, 0.1) is 5.92 Å². The lowest BCUT2D eigenvalue weighted by Crippen LogP contribution is -2.50. The van der Waals surface area contributed by atoms with Crippen molar-refractivity contribution < 1.29 is 14.3 Å². The Morgan fingerprint density at radius 2 is 1.81 bits per heavy atom. The number of hydrogen-bond donors (Lipinski definition) is 2. The highest BCUT2D eigenvalue weighted by Crippen LogP contribution is 2.33. The summed E-state index contributed by atoms with van der Waals surface area (Å²) >= 11 is 5.90. The predicted octanol–water partition coefficient (Wildman–Crippen LogP) is 4.11. The van der Waals surface area contributed by atoms with Crippen LogP contribution in [-0.4, -0.2) is 18.4 Å². The van der Waals surface area contributed by atoms with E-state index in [0.29, 0.717) is 22.9 Å². The maximum absolute atomic E-state index is 13.1. The highest BCUT2D eigenvalue weighted by Gasteiger charge is 2.38. The number of amides is 2. The lowest BCUT2D eigenvalue weighted by atomic mass is 9.83. The molecule has 0 radical (unpaired) electrons. The molecule has 134 valence electrons. The summed E-state index contributed by atoms with van der Waals surface area (Å²) in [6, 6.07) is 13.1. The number of carbonyl (C=O) groups excluding carboxylic acids is 2. The summed E-state index contributed by atoms with van der Waals surface area (Å²) < 4.78 is 5.45. The van der Waals surface area contributed by atoms with Gasteiger partial charge in [-0.1, -0.05) is 30.3 Å². The van der Waals surface area contributed by atoms with Gasteiger partial charge in [0.1, 0.15) is 5.75 Å². The molecule has 2 N–H and O–H groups in total. The van der Waals surface area contributed by atoms with E-state index < -0.39 is 12.0 Å². The van der Waals surface area contributed by atoms with Gasteiger partial charge in [-0.05, 0) is 48.9 Å². The summed E-state index contributed by atoms with van der Waals surface area (Å²) in [6.07, 6.45) is 0. The number of ketones is 1. The number of hydrogen-bond acceptors (Lipinski definition) is 3. The number of nitrogens with one attached hydrogen (secondary N) is 2. The van der Waals surface area contributed by atoms with Gasteiger partial charge >= 0.3 is 6.03 Å². The average Bonchev–Trinajstić information content (AvgIpc) is 2.62. The van der Waals surface area contributed by atoms with Crippen LogP contribution in [-0.2, 0) is 0 Å². The Labute approximate surface area is 157 Å². The van der Waals surface area contributed by atoms with E-state index in [1.807, 2.05) is 31.2 Å². The zero-order valence-electron chi connectivity index (χ0n) is 14.3. The average molecular weight is 371 g/mol. The van der Waals surface area contributed by atoms with Crippen LogP contribution in [0.25, 0.3) is 0 Å². The molecule has 6 heteroatoms. The summed E-state index contributed by atoms with van der Waals surface area (Å²) in [5, 5.41) is 5.99. The zero-order valence-corrected chi connectivity index (χ0v) is 15.0. The van der Waals surface area contributed by atoms with Crippen LogP contribution in [0.4, 0.5) is 4.79 Å². The Morgan fingerprint density at radius 1 is 1.15 bits per heavy atom. The van der Waals surface area contributed by atoms with Gasteiger partial charge in [-0.2, -0.15) is 0 Å². The highest BCUT2D eigenvalue weighted by atomic mass is 35.5. The normalized spacial score (nSPS) is 19.5. The first-order valence-corrected chi connectivity index (χ1v) is 8.66. The number of Topliss-reactive ketones (excluding diaryl/α,β-unsaturated/α-hetero) is 1. The molecule has 2 aromatic carbocycles. The summed E-state index contributed by atoms with van der Waals surface area (Å²) in [6.45, 7) is 6.37. The molecule has 2 atom stereocenters. The highest BCUT2D eigenvalue weighted by molar-refractivity contribution is 6.30. The minimum atomic E-state index is -0.633. The van der Waals surface area contributed by atoms with Crippen LogP contribution in [0.3, 0.4) is 0 Å². The minimum absolute atomic E-state index is 0.141. The van der Waals surface area contributed by atoms with Crippen LogP contribution < -0.4 is 15.4 Å². The van der Waals surface area contributed by atoms with Crippen molar-refractivity contribution in [1.82, 2.24) is 10.6 Å². The third kappa shape index (κ3) is 3.73. The fourth-order valence-corrected chi connectivity index (χ4v) is 3.13.